The molecular formula is ClCuO6P2. The Hall–Kier alpha value is 1.11. The van der Waals surface area contributed by atoms with E-state index < -0.39 is 14.8 Å². The first kappa shape index (κ1) is 13.7. The molecule has 0 aliphatic heterocycles. The Morgan fingerprint density at radius 1 is 1.20 bits per heavy atom. The van der Waals surface area contributed by atoms with Gasteiger partial charge in [0.25, 0.3) is 0 Å². The Morgan fingerprint density at radius 2 is 1.50 bits per heavy atom. The van der Waals surface area contributed by atoms with Crippen LogP contribution in [0.5, 0.6) is 0 Å². The van der Waals surface area contributed by atoms with Crippen molar-refractivity contribution in [3.8, 4) is 0 Å². The van der Waals surface area contributed by atoms with Gasteiger partial charge in [-0.05, 0) is 11.2 Å². The van der Waals surface area contributed by atoms with Gasteiger partial charge >= 0.3 is 17.1 Å². The van der Waals surface area contributed by atoms with Gasteiger partial charge in [-0.1, -0.05) is 0 Å². The molecule has 0 saturated carbocycles. The second kappa shape index (κ2) is 4.21. The third-order valence-corrected chi connectivity index (χ3v) is 2.33. The average molecular weight is 257 g/mol. The molecule has 0 amide bonds. The van der Waals surface area contributed by atoms with E-state index in [1.165, 1.54) is 0 Å². The molecule has 1 unspecified atom stereocenters. The van der Waals surface area contributed by atoms with Crippen molar-refractivity contribution in [1.29, 1.82) is 0 Å². The molecule has 0 heterocycles. The van der Waals surface area contributed by atoms with E-state index in [2.05, 4.69) is 15.6 Å². The molecule has 0 fully saturated rings. The van der Waals surface area contributed by atoms with Crippen LogP contribution in [0.15, 0.2) is 0 Å². The molecule has 64 valence electrons. The van der Waals surface area contributed by atoms with E-state index in [9.17, 15) is 23.8 Å². The molecule has 0 N–H and O–H groups in total. The topological polar surface area (TPSA) is 113 Å². The fourth-order valence-electron chi connectivity index (χ4n) is 0.119. The minimum absolute atomic E-state index is 0. The summed E-state index contributed by atoms with van der Waals surface area (Å²) in [5.74, 6) is 0. The molecule has 0 aromatic rings. The van der Waals surface area contributed by atoms with Crippen molar-refractivity contribution in [2.75, 3.05) is 0 Å². The molecule has 0 aliphatic carbocycles. The largest absolute Gasteiger partial charge is 3.00 e. The number of hydrogen-bond donors (Lipinski definition) is 0. The van der Waals surface area contributed by atoms with Gasteiger partial charge in [-0.2, -0.15) is 0 Å². The van der Waals surface area contributed by atoms with Crippen molar-refractivity contribution in [3.05, 3.63) is 0 Å². The van der Waals surface area contributed by atoms with Crippen LogP contribution in [-0.2, 0) is 30.5 Å². The van der Waals surface area contributed by atoms with Crippen molar-refractivity contribution < 1.29 is 45.2 Å². The van der Waals surface area contributed by atoms with Crippen LogP contribution in [-0.4, -0.2) is 0 Å². The quantitative estimate of drug-likeness (QED) is 0.441. The van der Waals surface area contributed by atoms with Crippen molar-refractivity contribution in [1.82, 2.24) is 0 Å². The second-order valence-corrected chi connectivity index (χ2v) is 4.61. The minimum atomic E-state index is -5.49. The van der Waals surface area contributed by atoms with E-state index in [-0.39, 0.29) is 17.1 Å². The van der Waals surface area contributed by atoms with Crippen molar-refractivity contribution in [2.24, 2.45) is 0 Å². The molecule has 6 nitrogen and oxygen atoms in total. The van der Waals surface area contributed by atoms with Crippen LogP contribution >= 0.6 is 26.0 Å². The second-order valence-electron chi connectivity index (χ2n) is 0.959. The van der Waals surface area contributed by atoms with Gasteiger partial charge in [0.05, 0.1) is 7.82 Å². The molecule has 0 aliphatic rings. The number of phosphoric acid groups is 1. The van der Waals surface area contributed by atoms with Gasteiger partial charge in [-0.15, -0.1) is 0 Å². The van der Waals surface area contributed by atoms with Gasteiger partial charge < -0.3 is 19.2 Å². The van der Waals surface area contributed by atoms with Crippen LogP contribution in [0, 0.1) is 0 Å². The monoisotopic (exact) mass is 256 g/mol. The van der Waals surface area contributed by atoms with Crippen LogP contribution in [0.3, 0.4) is 0 Å². The van der Waals surface area contributed by atoms with Gasteiger partial charge in [0, 0.05) is 0 Å². The maximum absolute atomic E-state index is 9.65. The predicted octanol–water partition coefficient (Wildman–Crippen LogP) is -1.46. The fraction of sp³-hybridized carbons (Fsp3) is 0. The van der Waals surface area contributed by atoms with E-state index >= 15 is 0 Å². The number of rotatable bonds is 2. The molecule has 10 heavy (non-hydrogen) atoms. The van der Waals surface area contributed by atoms with E-state index in [1.54, 1.807) is 0 Å². The summed E-state index contributed by atoms with van der Waals surface area (Å²) < 4.78 is 21.9. The van der Waals surface area contributed by atoms with Crippen LogP contribution < -0.4 is 14.7 Å². The van der Waals surface area contributed by atoms with Crippen LogP contribution in [0.1, 0.15) is 0 Å². The normalized spacial score (nSPS) is 17.2. The summed E-state index contributed by atoms with van der Waals surface area (Å²) >= 11 is 4.22. The molecular weight excluding hydrogens is 257 g/mol. The third kappa shape index (κ3) is 11.9. The average Bonchev–Trinajstić information content (AvgIpc) is 1.14. The minimum Gasteiger partial charge on any atom is -0.790 e. The Labute approximate surface area is 71.6 Å². The zero-order chi connectivity index (χ0) is 7.71. The van der Waals surface area contributed by atoms with Gasteiger partial charge in [0.15, 0.2) is 0 Å². The van der Waals surface area contributed by atoms with Crippen molar-refractivity contribution >= 4 is 26.0 Å². The number of halogens is 1. The van der Waals surface area contributed by atoms with E-state index in [4.69, 9.17) is 0 Å². The van der Waals surface area contributed by atoms with Gasteiger partial charge in [-0.3, -0.25) is 8.88 Å². The van der Waals surface area contributed by atoms with Crippen molar-refractivity contribution in [2.45, 2.75) is 0 Å². The van der Waals surface area contributed by atoms with Gasteiger partial charge in [0.2, 0.25) is 6.95 Å². The SMILES string of the molecule is O=P([O-])([O-])OP(=O)([O-])Cl.[Cu+3]. The molecule has 0 spiro atoms. The predicted molar refractivity (Wildman–Crippen MR) is 22.2 cm³/mol. The van der Waals surface area contributed by atoms with E-state index in [0.29, 0.717) is 0 Å². The van der Waals surface area contributed by atoms with Gasteiger partial charge in [-0.25, -0.2) is 0 Å². The van der Waals surface area contributed by atoms with Crippen LogP contribution in [0.2, 0.25) is 0 Å². The van der Waals surface area contributed by atoms with Crippen molar-refractivity contribution in [3.63, 3.8) is 0 Å². The summed E-state index contributed by atoms with van der Waals surface area (Å²) in [6.07, 6.45) is 0. The third-order valence-electron chi connectivity index (χ3n) is 0.198. The summed E-state index contributed by atoms with van der Waals surface area (Å²) in [6, 6.07) is 0. The van der Waals surface area contributed by atoms with E-state index in [0.717, 1.165) is 0 Å². The Morgan fingerprint density at radius 3 is 1.50 bits per heavy atom. The molecule has 0 bridgehead atoms. The van der Waals surface area contributed by atoms with Crippen LogP contribution in [0.25, 0.3) is 0 Å². The summed E-state index contributed by atoms with van der Waals surface area (Å²) in [4.78, 5) is 28.5. The first-order chi connectivity index (χ1) is 3.71. The maximum Gasteiger partial charge on any atom is 3.00 e. The molecule has 0 saturated heterocycles. The standard InChI is InChI=1S/ClH3O6P2.Cu/c1-8(2,3)7-9(4,5)6;/h(H,2,3)(H2,4,5,6);/q;+3/p-3. The first-order valence-electron chi connectivity index (χ1n) is 1.45. The summed E-state index contributed by atoms with van der Waals surface area (Å²) in [7, 11) is -5.49. The molecule has 0 rings (SSSR count). The van der Waals surface area contributed by atoms with Gasteiger partial charge in [0.1, 0.15) is 0 Å². The fourth-order valence-corrected chi connectivity index (χ4v) is 1.76. The Bertz CT molecular complexity index is 156. The molecule has 1 atom stereocenters. The molecule has 0 aromatic heterocycles. The Kier molecular flexibility index (Phi) is 5.77. The summed E-state index contributed by atoms with van der Waals surface area (Å²) in [5, 5.41) is 0. The van der Waals surface area contributed by atoms with Crippen LogP contribution in [0.4, 0.5) is 0 Å². The number of hydrogen-bond acceptors (Lipinski definition) is 6. The summed E-state index contributed by atoms with van der Waals surface area (Å²) in [5.41, 5.74) is 0. The first-order valence-corrected chi connectivity index (χ1v) is 5.36. The zero-order valence-corrected chi connectivity index (χ0v) is 7.51. The summed E-state index contributed by atoms with van der Waals surface area (Å²) in [6.45, 7) is -4.95. The maximum atomic E-state index is 9.65. The molecule has 0 radical (unpaired) electrons. The molecule has 10 heteroatoms. The Balaban J connectivity index is 0. The molecule has 0 aromatic carbocycles. The van der Waals surface area contributed by atoms with E-state index in [1.807, 2.05) is 0 Å². The smallest absolute Gasteiger partial charge is 0.790 e. The zero-order valence-electron chi connectivity index (χ0n) is 4.02.